The Balaban J connectivity index is 0.000000187. The molecule has 30 heavy (non-hydrogen) atoms. The molecule has 2 aromatic rings. The van der Waals surface area contributed by atoms with E-state index in [0.29, 0.717) is 17.5 Å². The second-order valence-electron chi connectivity index (χ2n) is 8.60. The number of likely N-dealkylation sites (tertiary alicyclic amines) is 1. The lowest BCUT2D eigenvalue weighted by molar-refractivity contribution is 0.209. The molecule has 1 saturated heterocycles. The third-order valence-corrected chi connectivity index (χ3v) is 6.22. The molecule has 0 unspecified atom stereocenters. The van der Waals surface area contributed by atoms with E-state index in [-0.39, 0.29) is 11.8 Å². The van der Waals surface area contributed by atoms with Crippen molar-refractivity contribution in [3.63, 3.8) is 0 Å². The van der Waals surface area contributed by atoms with Crippen molar-refractivity contribution in [2.75, 3.05) is 33.7 Å². The summed E-state index contributed by atoms with van der Waals surface area (Å²) in [6, 6.07) is 5.13. The Bertz CT molecular complexity index is 809. The number of piperidine rings is 1. The Morgan fingerprint density at radius 1 is 1.20 bits per heavy atom. The van der Waals surface area contributed by atoms with Gasteiger partial charge in [-0.2, -0.15) is 0 Å². The monoisotopic (exact) mass is 418 g/mol. The molecule has 166 valence electrons. The van der Waals surface area contributed by atoms with E-state index in [2.05, 4.69) is 22.3 Å². The Hall–Kier alpha value is -2.15. The lowest BCUT2D eigenvalue weighted by Crippen LogP contribution is -2.42. The number of nitrogens with one attached hydrogen (secondary N) is 1. The van der Waals surface area contributed by atoms with Crippen LogP contribution in [0.15, 0.2) is 22.7 Å². The molecule has 2 aliphatic rings. The van der Waals surface area contributed by atoms with Gasteiger partial charge in [0.05, 0.1) is 5.69 Å². The molecule has 1 aliphatic heterocycles. The zero-order valence-electron chi connectivity index (χ0n) is 18.5. The van der Waals surface area contributed by atoms with Gasteiger partial charge in [0.15, 0.2) is 5.58 Å². The number of halogens is 1. The Kier molecular flexibility index (Phi) is 8.08. The first-order valence-electron chi connectivity index (χ1n) is 11.2. The first-order chi connectivity index (χ1) is 14.5. The summed E-state index contributed by atoms with van der Waals surface area (Å²) in [6.07, 6.45) is 8.37. The van der Waals surface area contributed by atoms with Crippen LogP contribution in [-0.4, -0.2) is 60.8 Å². The van der Waals surface area contributed by atoms with Crippen LogP contribution in [0.25, 0.3) is 11.0 Å². The fourth-order valence-electron chi connectivity index (χ4n) is 4.30. The predicted octanol–water partition coefficient (Wildman–Crippen LogP) is 4.76. The van der Waals surface area contributed by atoms with E-state index in [4.69, 9.17) is 4.52 Å². The van der Waals surface area contributed by atoms with E-state index < -0.39 is 0 Å². The second kappa shape index (κ2) is 10.8. The smallest absolute Gasteiger partial charge is 0.317 e. The summed E-state index contributed by atoms with van der Waals surface area (Å²) in [5, 5.41) is 8.12. The van der Waals surface area contributed by atoms with Crippen LogP contribution in [-0.2, 0) is 0 Å². The van der Waals surface area contributed by atoms with E-state index >= 15 is 0 Å². The average Bonchev–Trinajstić information content (AvgIpc) is 3.18. The summed E-state index contributed by atoms with van der Waals surface area (Å²) in [5.74, 6) is 0.172. The molecule has 0 radical (unpaired) electrons. The van der Waals surface area contributed by atoms with Crippen molar-refractivity contribution in [1.82, 2.24) is 20.3 Å². The standard InChI is InChI=1S/C14H17FN2O.C9H18N2O/c1-2-17-7-5-10(6-8-17)14-12-4-3-11(15)9-13(12)18-16-14;1-11(2)9(12)10-8-6-4-3-5-7-8/h3-4,9-10H,2,5-8H2,1H3;8H,3-7H2,1-2H3,(H,10,12). The van der Waals surface area contributed by atoms with Crippen molar-refractivity contribution in [1.29, 1.82) is 0 Å². The highest BCUT2D eigenvalue weighted by atomic mass is 19.1. The van der Waals surface area contributed by atoms with E-state index in [1.54, 1.807) is 25.1 Å². The minimum atomic E-state index is -0.272. The molecular formula is C23H35FN4O2. The summed E-state index contributed by atoms with van der Waals surface area (Å²) in [6.45, 7) is 5.51. The minimum absolute atomic E-state index is 0.0434. The van der Waals surface area contributed by atoms with Crippen LogP contribution < -0.4 is 5.32 Å². The molecule has 0 bridgehead atoms. The third kappa shape index (κ3) is 5.94. The highest BCUT2D eigenvalue weighted by Gasteiger charge is 2.24. The highest BCUT2D eigenvalue weighted by Crippen LogP contribution is 2.32. The third-order valence-electron chi connectivity index (χ3n) is 6.22. The molecule has 4 rings (SSSR count). The van der Waals surface area contributed by atoms with Crippen molar-refractivity contribution in [3.8, 4) is 0 Å². The Morgan fingerprint density at radius 3 is 2.53 bits per heavy atom. The average molecular weight is 419 g/mol. The lowest BCUT2D eigenvalue weighted by Gasteiger charge is -2.29. The van der Waals surface area contributed by atoms with Crippen molar-refractivity contribution < 1.29 is 13.7 Å². The highest BCUT2D eigenvalue weighted by molar-refractivity contribution is 5.79. The molecule has 1 saturated carbocycles. The minimum Gasteiger partial charge on any atom is -0.356 e. The van der Waals surface area contributed by atoms with Crippen molar-refractivity contribution in [2.24, 2.45) is 0 Å². The van der Waals surface area contributed by atoms with E-state index in [0.717, 1.165) is 56.4 Å². The van der Waals surface area contributed by atoms with Crippen LogP contribution in [0.1, 0.15) is 63.5 Å². The Morgan fingerprint density at radius 2 is 1.90 bits per heavy atom. The molecule has 2 fully saturated rings. The van der Waals surface area contributed by atoms with E-state index in [1.807, 2.05) is 0 Å². The number of benzene rings is 1. The number of carbonyl (C=O) groups is 1. The molecular weight excluding hydrogens is 383 g/mol. The number of urea groups is 1. The van der Waals surface area contributed by atoms with Gasteiger partial charge in [-0.1, -0.05) is 31.3 Å². The van der Waals surface area contributed by atoms with Gasteiger partial charge < -0.3 is 19.6 Å². The fraction of sp³-hybridized carbons (Fsp3) is 0.652. The number of carbonyl (C=O) groups excluding carboxylic acids is 1. The van der Waals surface area contributed by atoms with Crippen LogP contribution >= 0.6 is 0 Å². The van der Waals surface area contributed by atoms with Crippen molar-refractivity contribution in [3.05, 3.63) is 29.7 Å². The molecule has 6 nitrogen and oxygen atoms in total. The van der Waals surface area contributed by atoms with Gasteiger partial charge in [-0.05, 0) is 57.5 Å². The molecule has 1 N–H and O–H groups in total. The molecule has 2 heterocycles. The van der Waals surface area contributed by atoms with Gasteiger partial charge >= 0.3 is 6.03 Å². The number of hydrogen-bond acceptors (Lipinski definition) is 4. The summed E-state index contributed by atoms with van der Waals surface area (Å²) in [4.78, 5) is 15.3. The van der Waals surface area contributed by atoms with Gasteiger partial charge in [-0.15, -0.1) is 0 Å². The van der Waals surface area contributed by atoms with E-state index in [9.17, 15) is 9.18 Å². The Labute approximate surface area is 178 Å². The molecule has 1 aromatic heterocycles. The fourth-order valence-corrected chi connectivity index (χ4v) is 4.30. The zero-order valence-corrected chi connectivity index (χ0v) is 18.5. The maximum atomic E-state index is 13.1. The van der Waals surface area contributed by atoms with Crippen LogP contribution in [0.2, 0.25) is 0 Å². The maximum Gasteiger partial charge on any atom is 0.317 e. The number of amides is 2. The van der Waals surface area contributed by atoms with Crippen LogP contribution in [0.3, 0.4) is 0 Å². The number of fused-ring (bicyclic) bond motifs is 1. The van der Waals surface area contributed by atoms with Gasteiger partial charge in [-0.3, -0.25) is 0 Å². The quantitative estimate of drug-likeness (QED) is 0.781. The maximum absolute atomic E-state index is 13.1. The van der Waals surface area contributed by atoms with Gasteiger partial charge in [0.25, 0.3) is 0 Å². The number of hydrogen-bond donors (Lipinski definition) is 1. The number of rotatable bonds is 3. The van der Waals surface area contributed by atoms with Crippen molar-refractivity contribution >= 4 is 17.0 Å². The van der Waals surface area contributed by atoms with E-state index in [1.165, 1.54) is 31.4 Å². The molecule has 1 aliphatic carbocycles. The SMILES string of the molecule is CCN1CCC(c2noc3cc(F)ccc23)CC1.CN(C)C(=O)NC1CCCCC1. The lowest BCUT2D eigenvalue weighted by atomic mass is 9.91. The van der Waals surface area contributed by atoms with Gasteiger partial charge in [0, 0.05) is 37.5 Å². The number of aromatic nitrogens is 1. The van der Waals surface area contributed by atoms with Gasteiger partial charge in [0.2, 0.25) is 0 Å². The topological polar surface area (TPSA) is 61.6 Å². The summed E-state index contributed by atoms with van der Waals surface area (Å²) in [7, 11) is 3.55. The molecule has 2 amide bonds. The summed E-state index contributed by atoms with van der Waals surface area (Å²) in [5.41, 5.74) is 1.56. The summed E-state index contributed by atoms with van der Waals surface area (Å²) < 4.78 is 18.3. The van der Waals surface area contributed by atoms with Crippen LogP contribution in [0.5, 0.6) is 0 Å². The van der Waals surface area contributed by atoms with Crippen LogP contribution in [0, 0.1) is 5.82 Å². The second-order valence-corrected chi connectivity index (χ2v) is 8.60. The normalized spacial score (nSPS) is 18.7. The largest absolute Gasteiger partial charge is 0.356 e. The van der Waals surface area contributed by atoms with Gasteiger partial charge in [-0.25, -0.2) is 9.18 Å². The van der Waals surface area contributed by atoms with Crippen molar-refractivity contribution in [2.45, 2.75) is 63.8 Å². The van der Waals surface area contributed by atoms with Gasteiger partial charge in [0.1, 0.15) is 5.82 Å². The summed E-state index contributed by atoms with van der Waals surface area (Å²) >= 11 is 0. The zero-order chi connectivity index (χ0) is 21.5. The molecule has 1 aromatic carbocycles. The molecule has 0 spiro atoms. The first kappa shape index (κ1) is 22.5. The van der Waals surface area contributed by atoms with Crippen LogP contribution in [0.4, 0.5) is 9.18 Å². The molecule has 7 heteroatoms. The first-order valence-corrected chi connectivity index (χ1v) is 11.2. The predicted molar refractivity (Wildman–Crippen MR) is 117 cm³/mol. The molecule has 0 atom stereocenters. The number of nitrogens with zero attached hydrogens (tertiary/aromatic N) is 3.